The zero-order chi connectivity index (χ0) is 31.8. The normalized spacial score (nSPS) is 20.9. The predicted octanol–water partition coefficient (Wildman–Crippen LogP) is 3.34. The second-order valence-electron chi connectivity index (χ2n) is 10.2. The van der Waals surface area contributed by atoms with E-state index < -0.39 is 60.6 Å². The van der Waals surface area contributed by atoms with E-state index in [4.69, 9.17) is 28.4 Å². The molecule has 2 aromatic carbocycles. The summed E-state index contributed by atoms with van der Waals surface area (Å²) in [5.74, 6) is -2.16. The highest BCUT2D eigenvalue weighted by Crippen LogP contribution is 2.44. The molecule has 1 saturated heterocycles. The number of benzene rings is 2. The number of carbonyl (C=O) groups excluding carboxylic acids is 5. The molecule has 2 aliphatic rings. The van der Waals surface area contributed by atoms with Crippen molar-refractivity contribution in [2.24, 2.45) is 0 Å². The molecule has 5 atom stereocenters. The van der Waals surface area contributed by atoms with Gasteiger partial charge in [-0.2, -0.15) is 11.8 Å². The summed E-state index contributed by atoms with van der Waals surface area (Å²) in [6.07, 6.45) is -4.79. The zero-order valence-electron chi connectivity index (χ0n) is 24.8. The number of rotatable bonds is 12. The lowest BCUT2D eigenvalue weighted by Crippen LogP contribution is -2.42. The van der Waals surface area contributed by atoms with Crippen LogP contribution in [0.4, 0.5) is 4.79 Å². The monoisotopic (exact) mass is 629 g/mol. The number of amides is 1. The van der Waals surface area contributed by atoms with Gasteiger partial charge < -0.3 is 33.7 Å². The van der Waals surface area contributed by atoms with Crippen molar-refractivity contribution in [3.63, 3.8) is 0 Å². The number of ether oxygens (including phenoxy) is 6. The van der Waals surface area contributed by atoms with E-state index in [0.717, 1.165) is 22.3 Å². The summed E-state index contributed by atoms with van der Waals surface area (Å²) in [4.78, 5) is 60.2. The second-order valence-corrected chi connectivity index (χ2v) is 11.4. The Morgan fingerprint density at radius 1 is 0.841 bits per heavy atom. The van der Waals surface area contributed by atoms with Gasteiger partial charge in [0.05, 0.1) is 7.11 Å². The van der Waals surface area contributed by atoms with E-state index in [1.54, 1.807) is 0 Å². The minimum absolute atomic E-state index is 0.0893. The smallest absolute Gasteiger partial charge is 0.407 e. The van der Waals surface area contributed by atoms with Gasteiger partial charge in [-0.1, -0.05) is 48.5 Å². The van der Waals surface area contributed by atoms with Crippen molar-refractivity contribution in [3.8, 4) is 11.1 Å². The van der Waals surface area contributed by atoms with E-state index in [0.29, 0.717) is 5.75 Å². The first-order valence-corrected chi connectivity index (χ1v) is 15.2. The highest BCUT2D eigenvalue weighted by molar-refractivity contribution is 7.99. The van der Waals surface area contributed by atoms with E-state index >= 15 is 0 Å². The molecule has 0 bridgehead atoms. The summed E-state index contributed by atoms with van der Waals surface area (Å²) in [5.41, 5.74) is 4.33. The van der Waals surface area contributed by atoms with Crippen molar-refractivity contribution in [2.45, 2.75) is 63.8 Å². The molecule has 1 fully saturated rings. The quantitative estimate of drug-likeness (QED) is 0.208. The highest BCUT2D eigenvalue weighted by atomic mass is 32.2. The Kier molecular flexibility index (Phi) is 11.2. The van der Waals surface area contributed by atoms with Crippen LogP contribution in [0, 0.1) is 0 Å². The van der Waals surface area contributed by atoms with E-state index in [2.05, 4.69) is 5.32 Å². The van der Waals surface area contributed by atoms with Crippen molar-refractivity contribution in [1.29, 1.82) is 0 Å². The zero-order valence-corrected chi connectivity index (χ0v) is 25.6. The van der Waals surface area contributed by atoms with E-state index in [1.165, 1.54) is 39.6 Å². The van der Waals surface area contributed by atoms with E-state index in [9.17, 15) is 24.0 Å². The third-order valence-corrected chi connectivity index (χ3v) is 8.20. The van der Waals surface area contributed by atoms with Crippen LogP contribution in [0.1, 0.15) is 44.2 Å². The number of nitrogens with one attached hydrogen (secondary N) is 1. The number of hydrogen-bond donors (Lipinski definition) is 1. The average molecular weight is 630 g/mol. The minimum atomic E-state index is -1.26. The molecule has 1 heterocycles. The number of methoxy groups -OCH3 is 1. The third kappa shape index (κ3) is 8.08. The van der Waals surface area contributed by atoms with Crippen molar-refractivity contribution >= 4 is 41.7 Å². The largest absolute Gasteiger partial charge is 0.467 e. The molecule has 236 valence electrons. The van der Waals surface area contributed by atoms with Gasteiger partial charge in [0, 0.05) is 32.4 Å². The molecule has 1 amide bonds. The summed E-state index contributed by atoms with van der Waals surface area (Å²) >= 11 is 1.33. The fourth-order valence-electron chi connectivity index (χ4n) is 5.31. The van der Waals surface area contributed by atoms with E-state index in [1.807, 2.05) is 48.5 Å². The molecule has 1 aliphatic carbocycles. The molecule has 2 aromatic rings. The second kappa shape index (κ2) is 15.1. The standard InChI is InChI=1S/C31H35NO11S/c1-17(33)40-27-26(43-30(42-19(3)35)28(27)41-18(2)34)16-44-14-13-25(29(36)38-4)32-31(37)39-15-24-22-11-7-5-9-20(22)21-10-6-8-12-23(21)24/h5-12,24-28,30H,13-16H2,1-4H3,(H,32,37)/t25?,26?,27-,28?,30-/m1/s1. The molecule has 4 rings (SSSR count). The predicted molar refractivity (Wildman–Crippen MR) is 157 cm³/mol. The minimum Gasteiger partial charge on any atom is -0.467 e. The maximum absolute atomic E-state index is 12.8. The number of esters is 4. The molecule has 0 saturated carbocycles. The van der Waals surface area contributed by atoms with Gasteiger partial charge in [0.2, 0.25) is 12.4 Å². The van der Waals surface area contributed by atoms with Gasteiger partial charge in [0.15, 0.2) is 6.10 Å². The Labute approximate surface area is 259 Å². The van der Waals surface area contributed by atoms with Crippen LogP contribution < -0.4 is 5.32 Å². The third-order valence-electron chi connectivity index (χ3n) is 7.11. The van der Waals surface area contributed by atoms with Gasteiger partial charge in [0.1, 0.15) is 18.8 Å². The van der Waals surface area contributed by atoms with Crippen LogP contribution in [0.25, 0.3) is 11.1 Å². The fourth-order valence-corrected chi connectivity index (χ4v) is 6.38. The summed E-state index contributed by atoms with van der Waals surface area (Å²) in [7, 11) is 1.22. The van der Waals surface area contributed by atoms with Crippen molar-refractivity contribution in [1.82, 2.24) is 5.32 Å². The summed E-state index contributed by atoms with van der Waals surface area (Å²) in [6.45, 7) is 3.64. The molecule has 3 unspecified atom stereocenters. The number of carbonyl (C=O) groups is 5. The molecule has 1 N–H and O–H groups in total. The molecule has 0 spiro atoms. The SMILES string of the molecule is COC(=O)C(CCSCC1O[C@@H](OC(C)=O)C(OC(C)=O)[C@@H]1OC(C)=O)NC(=O)OCC1c2ccccc2-c2ccccc21. The Hall–Kier alpha value is -4.10. The van der Waals surface area contributed by atoms with E-state index in [-0.39, 0.29) is 24.7 Å². The van der Waals surface area contributed by atoms with Gasteiger partial charge in [-0.15, -0.1) is 0 Å². The summed E-state index contributed by atoms with van der Waals surface area (Å²) in [6, 6.07) is 14.9. The highest BCUT2D eigenvalue weighted by Gasteiger charge is 2.50. The first-order valence-electron chi connectivity index (χ1n) is 14.0. The van der Waals surface area contributed by atoms with Crippen molar-refractivity contribution in [2.75, 3.05) is 25.2 Å². The van der Waals surface area contributed by atoms with Crippen LogP contribution in [-0.2, 0) is 47.6 Å². The lowest BCUT2D eigenvalue weighted by atomic mass is 9.98. The van der Waals surface area contributed by atoms with Gasteiger partial charge >= 0.3 is 30.0 Å². The summed E-state index contributed by atoms with van der Waals surface area (Å²) < 4.78 is 32.0. The molecule has 0 radical (unpaired) electrons. The summed E-state index contributed by atoms with van der Waals surface area (Å²) in [5, 5.41) is 2.60. The Morgan fingerprint density at radius 3 is 1.98 bits per heavy atom. The molecule has 0 aromatic heterocycles. The fraction of sp³-hybridized carbons (Fsp3) is 0.452. The number of fused-ring (bicyclic) bond motifs is 3. The lowest BCUT2D eigenvalue weighted by Gasteiger charge is -2.23. The first-order chi connectivity index (χ1) is 21.1. The van der Waals surface area contributed by atoms with Crippen LogP contribution in [0.2, 0.25) is 0 Å². The van der Waals surface area contributed by atoms with Crippen LogP contribution >= 0.6 is 11.8 Å². The Morgan fingerprint density at radius 2 is 1.41 bits per heavy atom. The van der Waals surface area contributed by atoms with Gasteiger partial charge in [0.25, 0.3) is 0 Å². The maximum Gasteiger partial charge on any atom is 0.407 e. The molecule has 44 heavy (non-hydrogen) atoms. The molecule has 12 nitrogen and oxygen atoms in total. The first kappa shape index (κ1) is 32.8. The number of alkyl carbamates (subject to hydrolysis) is 1. The Balaban J connectivity index is 1.32. The molecular weight excluding hydrogens is 594 g/mol. The van der Waals surface area contributed by atoms with Crippen LogP contribution in [0.5, 0.6) is 0 Å². The van der Waals surface area contributed by atoms with Crippen LogP contribution in [-0.4, -0.2) is 85.8 Å². The Bertz CT molecular complexity index is 1340. The number of thioether (sulfide) groups is 1. The van der Waals surface area contributed by atoms with Gasteiger partial charge in [-0.25, -0.2) is 9.59 Å². The topological polar surface area (TPSA) is 153 Å². The van der Waals surface area contributed by atoms with Crippen LogP contribution in [0.15, 0.2) is 48.5 Å². The van der Waals surface area contributed by atoms with Crippen molar-refractivity contribution in [3.05, 3.63) is 59.7 Å². The van der Waals surface area contributed by atoms with Gasteiger partial charge in [-0.3, -0.25) is 14.4 Å². The molecular formula is C31H35NO11S. The van der Waals surface area contributed by atoms with Gasteiger partial charge in [-0.05, 0) is 34.4 Å². The average Bonchev–Trinajstić information content (AvgIpc) is 3.46. The van der Waals surface area contributed by atoms with Crippen LogP contribution in [0.3, 0.4) is 0 Å². The molecule has 1 aliphatic heterocycles. The lowest BCUT2D eigenvalue weighted by molar-refractivity contribution is -0.194. The van der Waals surface area contributed by atoms with Crippen molar-refractivity contribution < 1.29 is 52.4 Å². The molecule has 13 heteroatoms. The number of hydrogen-bond acceptors (Lipinski definition) is 12. The maximum atomic E-state index is 12.8.